The van der Waals surface area contributed by atoms with Crippen LogP contribution in [0.25, 0.3) is 0 Å². The van der Waals surface area contributed by atoms with Crippen LogP contribution in [0, 0.1) is 6.92 Å². The van der Waals surface area contributed by atoms with Gasteiger partial charge in [0.25, 0.3) is 0 Å². The zero-order valence-electron chi connectivity index (χ0n) is 12.8. The molecular weight excluding hydrogens is 300 g/mol. The van der Waals surface area contributed by atoms with E-state index in [2.05, 4.69) is 10.6 Å². The van der Waals surface area contributed by atoms with Crippen molar-refractivity contribution in [2.45, 2.75) is 26.9 Å². The number of amides is 2. The molecule has 0 aliphatic rings. The molecule has 2 aromatic carbocycles. The van der Waals surface area contributed by atoms with Gasteiger partial charge < -0.3 is 15.4 Å². The first-order chi connectivity index (χ1) is 10.5. The average Bonchev–Trinajstić information content (AvgIpc) is 2.45. The summed E-state index contributed by atoms with van der Waals surface area (Å²) in [6.45, 7) is 5.73. The van der Waals surface area contributed by atoms with E-state index in [1.807, 2.05) is 39.0 Å². The van der Waals surface area contributed by atoms with Gasteiger partial charge >= 0.3 is 6.03 Å². The van der Waals surface area contributed by atoms with Gasteiger partial charge in [-0.05, 0) is 50.6 Å². The highest BCUT2D eigenvalue weighted by molar-refractivity contribution is 6.31. The molecule has 2 rings (SSSR count). The number of hydrogen-bond donors (Lipinski definition) is 2. The first kappa shape index (κ1) is 16.2. The van der Waals surface area contributed by atoms with E-state index in [-0.39, 0.29) is 12.1 Å². The van der Waals surface area contributed by atoms with Crippen molar-refractivity contribution < 1.29 is 9.53 Å². The van der Waals surface area contributed by atoms with Crippen molar-refractivity contribution in [2.24, 2.45) is 0 Å². The van der Waals surface area contributed by atoms with Gasteiger partial charge in [-0.15, -0.1) is 0 Å². The molecule has 0 atom stereocenters. The largest absolute Gasteiger partial charge is 0.489 e. The molecule has 116 valence electrons. The smallest absolute Gasteiger partial charge is 0.323 e. The van der Waals surface area contributed by atoms with Gasteiger partial charge in [0.05, 0.1) is 11.8 Å². The van der Waals surface area contributed by atoms with Gasteiger partial charge in [-0.1, -0.05) is 29.8 Å². The van der Waals surface area contributed by atoms with Crippen LogP contribution < -0.4 is 15.4 Å². The Morgan fingerprint density at radius 2 is 1.68 bits per heavy atom. The van der Waals surface area contributed by atoms with Gasteiger partial charge in [0.1, 0.15) is 5.75 Å². The van der Waals surface area contributed by atoms with E-state index in [0.717, 1.165) is 5.56 Å². The highest BCUT2D eigenvalue weighted by Gasteiger charge is 2.10. The number of carbonyl (C=O) groups is 1. The van der Waals surface area contributed by atoms with Gasteiger partial charge in [-0.3, -0.25) is 0 Å². The molecule has 0 spiro atoms. The number of nitrogens with one attached hydrogen (secondary N) is 2. The highest BCUT2D eigenvalue weighted by atomic mass is 35.5. The van der Waals surface area contributed by atoms with Crippen molar-refractivity contribution in [1.82, 2.24) is 0 Å². The van der Waals surface area contributed by atoms with Crippen molar-refractivity contribution in [1.29, 1.82) is 0 Å². The molecule has 0 saturated heterocycles. The number of halogens is 1. The highest BCUT2D eigenvalue weighted by Crippen LogP contribution is 2.26. The fourth-order valence-corrected chi connectivity index (χ4v) is 2.12. The second-order valence-corrected chi connectivity index (χ2v) is 5.56. The molecule has 0 saturated carbocycles. The third kappa shape index (κ3) is 4.15. The molecular formula is C17H19ClN2O2. The molecule has 2 aromatic rings. The molecule has 0 fully saturated rings. The van der Waals surface area contributed by atoms with Crippen LogP contribution in [0.3, 0.4) is 0 Å². The maximum absolute atomic E-state index is 12.2. The van der Waals surface area contributed by atoms with Crippen LogP contribution in [0.1, 0.15) is 19.4 Å². The van der Waals surface area contributed by atoms with E-state index < -0.39 is 0 Å². The Kier molecular flexibility index (Phi) is 5.28. The molecule has 0 heterocycles. The normalized spacial score (nSPS) is 10.4. The zero-order chi connectivity index (χ0) is 16.1. The summed E-state index contributed by atoms with van der Waals surface area (Å²) in [5.74, 6) is 0.635. The first-order valence-corrected chi connectivity index (χ1v) is 7.44. The van der Waals surface area contributed by atoms with Gasteiger partial charge in [-0.25, -0.2) is 4.79 Å². The van der Waals surface area contributed by atoms with Crippen LogP contribution in [0.4, 0.5) is 16.2 Å². The number of urea groups is 1. The molecule has 0 unspecified atom stereocenters. The lowest BCUT2D eigenvalue weighted by Gasteiger charge is -2.15. The summed E-state index contributed by atoms with van der Waals surface area (Å²) >= 11 is 6.05. The summed E-state index contributed by atoms with van der Waals surface area (Å²) in [5.41, 5.74) is 2.12. The summed E-state index contributed by atoms with van der Waals surface area (Å²) in [6, 6.07) is 12.4. The van der Waals surface area contributed by atoms with Crippen LogP contribution in [-0.4, -0.2) is 12.1 Å². The quantitative estimate of drug-likeness (QED) is 0.826. The summed E-state index contributed by atoms with van der Waals surface area (Å²) in [6.07, 6.45) is 0.0289. The third-order valence-corrected chi connectivity index (χ3v) is 3.42. The predicted octanol–water partition coefficient (Wildman–Crippen LogP) is 5.08. The number of ether oxygens (including phenoxy) is 1. The predicted molar refractivity (Wildman–Crippen MR) is 91.0 cm³/mol. The van der Waals surface area contributed by atoms with Crippen molar-refractivity contribution >= 4 is 29.0 Å². The molecule has 22 heavy (non-hydrogen) atoms. The fraction of sp³-hybridized carbons (Fsp3) is 0.235. The Labute approximate surface area is 135 Å². The average molecular weight is 319 g/mol. The van der Waals surface area contributed by atoms with Gasteiger partial charge in [-0.2, -0.15) is 0 Å². The van der Waals surface area contributed by atoms with Crippen molar-refractivity contribution in [2.75, 3.05) is 10.6 Å². The molecule has 5 heteroatoms. The Morgan fingerprint density at radius 3 is 2.41 bits per heavy atom. The fourth-order valence-electron chi connectivity index (χ4n) is 1.95. The van der Waals surface area contributed by atoms with Crippen molar-refractivity contribution in [3.05, 3.63) is 53.1 Å². The maximum Gasteiger partial charge on any atom is 0.323 e. The SMILES string of the molecule is Cc1c(Cl)cccc1NC(=O)Nc1ccccc1OC(C)C. The van der Waals surface area contributed by atoms with Gasteiger partial charge in [0, 0.05) is 10.7 Å². The lowest BCUT2D eigenvalue weighted by atomic mass is 10.2. The van der Waals surface area contributed by atoms with E-state index >= 15 is 0 Å². The van der Waals surface area contributed by atoms with E-state index in [9.17, 15) is 4.79 Å². The number of anilines is 2. The van der Waals surface area contributed by atoms with Gasteiger partial charge in [0.2, 0.25) is 0 Å². The van der Waals surface area contributed by atoms with Crippen molar-refractivity contribution in [3.63, 3.8) is 0 Å². The zero-order valence-corrected chi connectivity index (χ0v) is 13.6. The van der Waals surface area contributed by atoms with Crippen LogP contribution in [0.15, 0.2) is 42.5 Å². The number of benzene rings is 2. The van der Waals surface area contributed by atoms with E-state index in [1.165, 1.54) is 0 Å². The maximum atomic E-state index is 12.2. The molecule has 0 aliphatic carbocycles. The molecule has 2 amide bonds. The first-order valence-electron chi connectivity index (χ1n) is 7.06. The Balaban J connectivity index is 2.11. The molecule has 4 nitrogen and oxygen atoms in total. The number of para-hydroxylation sites is 2. The minimum absolute atomic E-state index is 0.0289. The van der Waals surface area contributed by atoms with Crippen molar-refractivity contribution in [3.8, 4) is 5.75 Å². The lowest BCUT2D eigenvalue weighted by molar-refractivity contribution is 0.243. The van der Waals surface area contributed by atoms with Crippen LogP contribution >= 0.6 is 11.6 Å². The number of carbonyl (C=O) groups excluding carboxylic acids is 1. The third-order valence-electron chi connectivity index (χ3n) is 3.01. The van der Waals surface area contributed by atoms with Crippen LogP contribution in [0.2, 0.25) is 5.02 Å². The minimum Gasteiger partial charge on any atom is -0.489 e. The van der Waals surface area contributed by atoms with Crippen LogP contribution in [0.5, 0.6) is 5.75 Å². The van der Waals surface area contributed by atoms with Gasteiger partial charge in [0.15, 0.2) is 0 Å². The minimum atomic E-state index is -0.342. The van der Waals surface area contributed by atoms with Crippen LogP contribution in [-0.2, 0) is 0 Å². The van der Waals surface area contributed by atoms with E-state index in [0.29, 0.717) is 22.1 Å². The lowest BCUT2D eigenvalue weighted by Crippen LogP contribution is -2.21. The Bertz CT molecular complexity index is 671. The molecule has 0 radical (unpaired) electrons. The summed E-state index contributed by atoms with van der Waals surface area (Å²) in [5, 5.41) is 6.20. The second-order valence-electron chi connectivity index (χ2n) is 5.15. The summed E-state index contributed by atoms with van der Waals surface area (Å²) < 4.78 is 5.68. The number of hydrogen-bond acceptors (Lipinski definition) is 2. The summed E-state index contributed by atoms with van der Waals surface area (Å²) in [7, 11) is 0. The standard InChI is InChI=1S/C17H19ClN2O2/c1-11(2)22-16-10-5-4-8-15(16)20-17(21)19-14-9-6-7-13(18)12(14)3/h4-11H,1-3H3,(H2,19,20,21). The molecule has 0 bridgehead atoms. The Morgan fingerprint density at radius 1 is 1.05 bits per heavy atom. The molecule has 0 aliphatic heterocycles. The monoisotopic (exact) mass is 318 g/mol. The van der Waals surface area contributed by atoms with E-state index in [1.54, 1.807) is 24.3 Å². The Hall–Kier alpha value is -2.20. The molecule has 0 aromatic heterocycles. The van der Waals surface area contributed by atoms with E-state index in [4.69, 9.17) is 16.3 Å². The summed E-state index contributed by atoms with van der Waals surface area (Å²) in [4.78, 5) is 12.2. The number of rotatable bonds is 4. The second kappa shape index (κ2) is 7.18. The molecule has 2 N–H and O–H groups in total. The topological polar surface area (TPSA) is 50.4 Å².